The first-order valence-corrected chi connectivity index (χ1v) is 8.76. The minimum Gasteiger partial charge on any atom is -0.444 e. The van der Waals surface area contributed by atoms with Crippen LogP contribution in [0.25, 0.3) is 0 Å². The molecule has 138 valence electrons. The second-order valence-corrected chi connectivity index (χ2v) is 7.83. The molecule has 0 unspecified atom stereocenters. The summed E-state index contributed by atoms with van der Waals surface area (Å²) in [6.45, 7) is 7.74. The monoisotopic (exact) mass is 342 g/mol. The van der Waals surface area contributed by atoms with Crippen LogP contribution in [0.5, 0.6) is 0 Å². The van der Waals surface area contributed by atoms with Gasteiger partial charge in [0, 0.05) is 19.7 Å². The molecule has 0 radical (unpaired) electrons. The van der Waals surface area contributed by atoms with Gasteiger partial charge in [0.1, 0.15) is 5.60 Å². The summed E-state index contributed by atoms with van der Waals surface area (Å²) >= 11 is 0. The van der Waals surface area contributed by atoms with E-state index < -0.39 is 23.2 Å². The normalized spacial score (nSPS) is 28.3. The standard InChI is InChI=1S/C17H30N2O5/c1-16(2,3)24-15(21)19-8-5-7-17(22,12-19)14(20)18-10-13-6-4-9-23-11-13/h13,22H,4-12H2,1-3H3,(H,18,20)/t13-,17+/m0/s1. The number of nitrogens with one attached hydrogen (secondary N) is 1. The van der Waals surface area contributed by atoms with Crippen molar-refractivity contribution >= 4 is 12.0 Å². The third kappa shape index (κ3) is 5.34. The van der Waals surface area contributed by atoms with Gasteiger partial charge in [0.15, 0.2) is 5.60 Å². The van der Waals surface area contributed by atoms with Crippen molar-refractivity contribution in [2.75, 3.05) is 32.8 Å². The highest BCUT2D eigenvalue weighted by Crippen LogP contribution is 2.23. The number of carbonyl (C=O) groups excluding carboxylic acids is 2. The molecule has 2 atom stereocenters. The molecule has 0 spiro atoms. The minimum absolute atomic E-state index is 0.0328. The van der Waals surface area contributed by atoms with Gasteiger partial charge < -0.3 is 24.8 Å². The average Bonchev–Trinajstić information content (AvgIpc) is 2.52. The number of ether oxygens (including phenoxy) is 2. The van der Waals surface area contributed by atoms with Crippen molar-refractivity contribution in [1.82, 2.24) is 10.2 Å². The van der Waals surface area contributed by atoms with E-state index in [0.29, 0.717) is 32.5 Å². The summed E-state index contributed by atoms with van der Waals surface area (Å²) in [6.07, 6.45) is 2.43. The van der Waals surface area contributed by atoms with Gasteiger partial charge in [0.2, 0.25) is 0 Å². The van der Waals surface area contributed by atoms with Crippen LogP contribution in [-0.4, -0.2) is 66.1 Å². The molecule has 0 bridgehead atoms. The summed E-state index contributed by atoms with van der Waals surface area (Å²) in [5.74, 6) is -0.127. The van der Waals surface area contributed by atoms with Gasteiger partial charge in [-0.3, -0.25) is 4.79 Å². The van der Waals surface area contributed by atoms with Crippen LogP contribution in [0.15, 0.2) is 0 Å². The van der Waals surface area contributed by atoms with E-state index in [1.165, 1.54) is 4.90 Å². The van der Waals surface area contributed by atoms with Gasteiger partial charge in [0.25, 0.3) is 5.91 Å². The third-order valence-corrected chi connectivity index (χ3v) is 4.35. The Morgan fingerprint density at radius 1 is 1.38 bits per heavy atom. The molecule has 2 saturated heterocycles. The molecule has 2 aliphatic heterocycles. The number of likely N-dealkylation sites (tertiary alicyclic amines) is 1. The topological polar surface area (TPSA) is 88.1 Å². The second kappa shape index (κ2) is 7.70. The maximum atomic E-state index is 12.4. The number of hydrogen-bond donors (Lipinski definition) is 2. The number of nitrogens with zero attached hydrogens (tertiary/aromatic N) is 1. The predicted octanol–water partition coefficient (Wildman–Crippen LogP) is 1.29. The zero-order valence-corrected chi connectivity index (χ0v) is 15.0. The SMILES string of the molecule is CC(C)(C)OC(=O)N1CCC[C@](O)(C(=O)NC[C@@H]2CCCOC2)C1. The van der Waals surface area contributed by atoms with Crippen molar-refractivity contribution in [3.63, 3.8) is 0 Å². The van der Waals surface area contributed by atoms with Crippen LogP contribution in [0.3, 0.4) is 0 Å². The van der Waals surface area contributed by atoms with E-state index in [4.69, 9.17) is 9.47 Å². The highest BCUT2D eigenvalue weighted by atomic mass is 16.6. The summed E-state index contributed by atoms with van der Waals surface area (Å²) in [5, 5.41) is 13.5. The maximum Gasteiger partial charge on any atom is 0.410 e. The fourth-order valence-electron chi connectivity index (χ4n) is 3.07. The molecular weight excluding hydrogens is 312 g/mol. The van der Waals surface area contributed by atoms with Crippen molar-refractivity contribution in [1.29, 1.82) is 0 Å². The van der Waals surface area contributed by atoms with Crippen molar-refractivity contribution in [2.24, 2.45) is 5.92 Å². The zero-order valence-electron chi connectivity index (χ0n) is 15.0. The molecule has 2 aliphatic rings. The summed E-state index contributed by atoms with van der Waals surface area (Å²) in [4.78, 5) is 26.0. The summed E-state index contributed by atoms with van der Waals surface area (Å²) in [7, 11) is 0. The Balaban J connectivity index is 1.87. The Bertz CT molecular complexity index is 456. The fourth-order valence-corrected chi connectivity index (χ4v) is 3.07. The minimum atomic E-state index is -1.55. The van der Waals surface area contributed by atoms with Gasteiger partial charge in [-0.15, -0.1) is 0 Å². The van der Waals surface area contributed by atoms with Crippen molar-refractivity contribution in [2.45, 2.75) is 57.7 Å². The van der Waals surface area contributed by atoms with E-state index >= 15 is 0 Å². The van der Waals surface area contributed by atoms with Crippen LogP contribution in [0, 0.1) is 5.92 Å². The lowest BCUT2D eigenvalue weighted by Gasteiger charge is -2.38. The van der Waals surface area contributed by atoms with E-state index in [0.717, 1.165) is 19.4 Å². The number of rotatable bonds is 3. The maximum absolute atomic E-state index is 12.4. The molecule has 0 aromatic carbocycles. The molecule has 7 heteroatoms. The Morgan fingerprint density at radius 2 is 2.12 bits per heavy atom. The number of hydrogen-bond acceptors (Lipinski definition) is 5. The third-order valence-electron chi connectivity index (χ3n) is 4.35. The summed E-state index contributed by atoms with van der Waals surface area (Å²) in [5.41, 5.74) is -2.15. The van der Waals surface area contributed by atoms with Crippen LogP contribution in [0.1, 0.15) is 46.5 Å². The van der Waals surface area contributed by atoms with E-state index in [1.807, 2.05) is 0 Å². The molecule has 0 aliphatic carbocycles. The molecular formula is C17H30N2O5. The highest BCUT2D eigenvalue weighted by Gasteiger charge is 2.42. The average molecular weight is 342 g/mol. The first kappa shape index (κ1) is 19.0. The van der Waals surface area contributed by atoms with Crippen molar-refractivity contribution in [3.8, 4) is 0 Å². The van der Waals surface area contributed by atoms with Crippen LogP contribution in [-0.2, 0) is 14.3 Å². The van der Waals surface area contributed by atoms with Gasteiger partial charge in [0.05, 0.1) is 13.2 Å². The molecule has 7 nitrogen and oxygen atoms in total. The number of aliphatic hydroxyl groups is 1. The number of carbonyl (C=O) groups is 2. The summed E-state index contributed by atoms with van der Waals surface area (Å²) < 4.78 is 10.7. The molecule has 2 rings (SSSR count). The van der Waals surface area contributed by atoms with Gasteiger partial charge in [-0.25, -0.2) is 4.79 Å². The highest BCUT2D eigenvalue weighted by molar-refractivity contribution is 5.86. The van der Waals surface area contributed by atoms with Gasteiger partial charge in [-0.1, -0.05) is 0 Å². The fraction of sp³-hybridized carbons (Fsp3) is 0.882. The first-order chi connectivity index (χ1) is 11.2. The molecule has 2 heterocycles. The smallest absolute Gasteiger partial charge is 0.410 e. The lowest BCUT2D eigenvalue weighted by Crippen LogP contribution is -2.59. The molecule has 2 amide bonds. The predicted molar refractivity (Wildman–Crippen MR) is 88.5 cm³/mol. The quantitative estimate of drug-likeness (QED) is 0.807. The first-order valence-electron chi connectivity index (χ1n) is 8.76. The van der Waals surface area contributed by atoms with E-state index in [1.54, 1.807) is 20.8 Å². The molecule has 2 N–H and O–H groups in total. The Hall–Kier alpha value is -1.34. The number of amides is 2. The summed E-state index contributed by atoms with van der Waals surface area (Å²) in [6, 6.07) is 0. The molecule has 24 heavy (non-hydrogen) atoms. The van der Waals surface area contributed by atoms with E-state index in [9.17, 15) is 14.7 Å². The Labute approximate surface area is 143 Å². The molecule has 0 saturated carbocycles. The molecule has 0 aromatic heterocycles. The van der Waals surface area contributed by atoms with Crippen LogP contribution in [0.2, 0.25) is 0 Å². The molecule has 2 fully saturated rings. The van der Waals surface area contributed by atoms with Crippen LogP contribution < -0.4 is 5.32 Å². The largest absolute Gasteiger partial charge is 0.444 e. The van der Waals surface area contributed by atoms with Crippen molar-refractivity contribution in [3.05, 3.63) is 0 Å². The number of piperidine rings is 1. The van der Waals surface area contributed by atoms with Gasteiger partial charge >= 0.3 is 6.09 Å². The Kier molecular flexibility index (Phi) is 6.09. The van der Waals surface area contributed by atoms with E-state index in [-0.39, 0.29) is 12.5 Å². The lowest BCUT2D eigenvalue weighted by molar-refractivity contribution is -0.145. The number of β-amino-alcohol motifs (C(OH)–C–C–N with tert-alkyl or cyclic N) is 1. The zero-order chi connectivity index (χ0) is 17.8. The van der Waals surface area contributed by atoms with Gasteiger partial charge in [-0.2, -0.15) is 0 Å². The second-order valence-electron chi connectivity index (χ2n) is 7.83. The van der Waals surface area contributed by atoms with Gasteiger partial charge in [-0.05, 0) is 52.4 Å². The van der Waals surface area contributed by atoms with E-state index in [2.05, 4.69) is 5.32 Å². The van der Waals surface area contributed by atoms with Crippen LogP contribution >= 0.6 is 0 Å². The van der Waals surface area contributed by atoms with Crippen LogP contribution in [0.4, 0.5) is 4.79 Å². The lowest BCUT2D eigenvalue weighted by atomic mass is 9.91. The van der Waals surface area contributed by atoms with Crippen molar-refractivity contribution < 1.29 is 24.2 Å². The Morgan fingerprint density at radius 3 is 2.75 bits per heavy atom. The molecule has 0 aromatic rings.